The van der Waals surface area contributed by atoms with Crippen molar-refractivity contribution < 1.29 is 33.8 Å². The molecule has 46 heavy (non-hydrogen) atoms. The molecular formula is C36H43N3O7. The molecule has 244 valence electrons. The first kappa shape index (κ1) is 33.1. The molecule has 0 unspecified atom stereocenters. The quantitative estimate of drug-likeness (QED) is 0.229. The minimum atomic E-state index is -1.22. The van der Waals surface area contributed by atoms with Crippen molar-refractivity contribution in [2.24, 2.45) is 11.8 Å². The van der Waals surface area contributed by atoms with E-state index in [1.165, 1.54) is 4.90 Å². The number of rotatable bonds is 15. The average Bonchev–Trinajstić information content (AvgIpc) is 3.73. The van der Waals surface area contributed by atoms with Gasteiger partial charge in [-0.3, -0.25) is 19.2 Å². The van der Waals surface area contributed by atoms with Gasteiger partial charge in [0.2, 0.25) is 17.7 Å². The summed E-state index contributed by atoms with van der Waals surface area (Å²) in [4.78, 5) is 58.3. The molecule has 0 saturated carbocycles. The molecule has 3 fully saturated rings. The van der Waals surface area contributed by atoms with Crippen LogP contribution in [0.25, 0.3) is 0 Å². The fraction of sp³-hybridized carbons (Fsp3) is 0.444. The first-order valence-corrected chi connectivity index (χ1v) is 15.9. The normalized spacial score (nSPS) is 25.8. The zero-order valence-electron chi connectivity index (χ0n) is 26.3. The van der Waals surface area contributed by atoms with Gasteiger partial charge in [-0.25, -0.2) is 0 Å². The Balaban J connectivity index is 1.43. The Morgan fingerprint density at radius 2 is 1.83 bits per heavy atom. The van der Waals surface area contributed by atoms with Crippen LogP contribution in [0.1, 0.15) is 49.8 Å². The van der Waals surface area contributed by atoms with E-state index in [-0.39, 0.29) is 38.0 Å². The van der Waals surface area contributed by atoms with Gasteiger partial charge in [-0.05, 0) is 37.3 Å². The highest BCUT2D eigenvalue weighted by Crippen LogP contribution is 2.59. The summed E-state index contributed by atoms with van der Waals surface area (Å²) < 4.78 is 12.1. The lowest BCUT2D eigenvalue weighted by Gasteiger charge is -2.38. The highest BCUT2D eigenvalue weighted by atomic mass is 16.5. The third kappa shape index (κ3) is 6.37. The number of esters is 1. The number of hydrogen-bond donors (Lipinski definition) is 2. The van der Waals surface area contributed by atoms with Gasteiger partial charge in [-0.15, -0.1) is 13.2 Å². The van der Waals surface area contributed by atoms with Gasteiger partial charge in [-0.2, -0.15) is 0 Å². The van der Waals surface area contributed by atoms with Gasteiger partial charge in [0.05, 0.1) is 36.6 Å². The number of aliphatic hydroxyl groups is 1. The number of ether oxygens (including phenoxy) is 2. The summed E-state index contributed by atoms with van der Waals surface area (Å²) in [5, 5.41) is 13.2. The fourth-order valence-corrected chi connectivity index (χ4v) is 7.24. The number of carbonyl (C=O) groups is 4. The molecule has 5 rings (SSSR count). The highest BCUT2D eigenvalue weighted by molar-refractivity contribution is 5.99. The SMILES string of the molecule is C=CCCC(=O)OC[C@@H](NC(=O)[C@@H]1[C@@H]2CC[C@]3(O2)[C@H](C(=O)N(CC=C)Cc2ccccc2)N([C@H](C)CO)C(=O)[C@@H]13)c1ccccc1. The van der Waals surface area contributed by atoms with Crippen LogP contribution in [-0.4, -0.2) is 82.1 Å². The molecule has 0 radical (unpaired) electrons. The lowest BCUT2D eigenvalue weighted by Crippen LogP contribution is -2.58. The molecule has 3 saturated heterocycles. The predicted molar refractivity (Wildman–Crippen MR) is 171 cm³/mol. The van der Waals surface area contributed by atoms with Gasteiger partial charge >= 0.3 is 5.97 Å². The molecule has 2 N–H and O–H groups in total. The molecule has 2 bridgehead atoms. The number of hydrogen-bond acceptors (Lipinski definition) is 7. The number of allylic oxidation sites excluding steroid dienone is 1. The van der Waals surface area contributed by atoms with E-state index in [1.54, 1.807) is 24.0 Å². The van der Waals surface area contributed by atoms with Crippen molar-refractivity contribution in [2.45, 2.75) is 69.0 Å². The van der Waals surface area contributed by atoms with Crippen LogP contribution in [0.5, 0.6) is 0 Å². The number of likely N-dealkylation sites (tertiary alicyclic amines) is 1. The maximum atomic E-state index is 14.5. The molecule has 3 aliphatic heterocycles. The second kappa shape index (κ2) is 14.4. The number of nitrogens with zero attached hydrogens (tertiary/aromatic N) is 2. The van der Waals surface area contributed by atoms with E-state index in [1.807, 2.05) is 60.7 Å². The summed E-state index contributed by atoms with van der Waals surface area (Å²) in [5.41, 5.74) is 0.442. The van der Waals surface area contributed by atoms with Crippen molar-refractivity contribution in [1.29, 1.82) is 0 Å². The van der Waals surface area contributed by atoms with Crippen LogP contribution in [-0.2, 0) is 35.2 Å². The number of aliphatic hydroxyl groups excluding tert-OH is 1. The van der Waals surface area contributed by atoms with Crippen LogP contribution >= 0.6 is 0 Å². The third-order valence-electron chi connectivity index (χ3n) is 9.37. The summed E-state index contributed by atoms with van der Waals surface area (Å²) in [7, 11) is 0. The molecule has 3 heterocycles. The maximum Gasteiger partial charge on any atom is 0.306 e. The Morgan fingerprint density at radius 1 is 1.13 bits per heavy atom. The molecule has 1 spiro atoms. The number of benzene rings is 2. The highest BCUT2D eigenvalue weighted by Gasteiger charge is 2.75. The van der Waals surface area contributed by atoms with Gasteiger partial charge in [0.25, 0.3) is 0 Å². The van der Waals surface area contributed by atoms with Gasteiger partial charge in [0.15, 0.2) is 0 Å². The topological polar surface area (TPSA) is 125 Å². The van der Waals surface area contributed by atoms with Crippen molar-refractivity contribution in [2.75, 3.05) is 19.8 Å². The van der Waals surface area contributed by atoms with E-state index >= 15 is 0 Å². The molecule has 2 aromatic carbocycles. The van der Waals surface area contributed by atoms with E-state index in [9.17, 15) is 24.3 Å². The zero-order valence-corrected chi connectivity index (χ0v) is 26.3. The zero-order chi connectivity index (χ0) is 32.8. The molecule has 3 amide bonds. The number of nitrogens with one attached hydrogen (secondary N) is 1. The lowest BCUT2D eigenvalue weighted by atomic mass is 9.70. The molecule has 10 heteroatoms. The van der Waals surface area contributed by atoms with Gasteiger partial charge in [0.1, 0.15) is 18.2 Å². The van der Waals surface area contributed by atoms with Crippen LogP contribution in [0.4, 0.5) is 0 Å². The van der Waals surface area contributed by atoms with Crippen molar-refractivity contribution in [3.8, 4) is 0 Å². The van der Waals surface area contributed by atoms with Gasteiger partial charge in [-0.1, -0.05) is 72.8 Å². The van der Waals surface area contributed by atoms with E-state index < -0.39 is 53.5 Å². The molecule has 7 atom stereocenters. The summed E-state index contributed by atoms with van der Waals surface area (Å²) in [6.07, 6.45) is 4.30. The van der Waals surface area contributed by atoms with Crippen molar-refractivity contribution in [1.82, 2.24) is 15.1 Å². The first-order chi connectivity index (χ1) is 22.2. The Kier molecular flexibility index (Phi) is 10.4. The molecule has 0 aromatic heterocycles. The summed E-state index contributed by atoms with van der Waals surface area (Å²) >= 11 is 0. The number of amides is 3. The van der Waals surface area contributed by atoms with Crippen molar-refractivity contribution >= 4 is 23.7 Å². The first-order valence-electron chi connectivity index (χ1n) is 15.9. The van der Waals surface area contributed by atoms with E-state index in [2.05, 4.69) is 18.5 Å². The van der Waals surface area contributed by atoms with Crippen LogP contribution < -0.4 is 5.32 Å². The predicted octanol–water partition coefficient (Wildman–Crippen LogP) is 3.32. The van der Waals surface area contributed by atoms with E-state index in [0.717, 1.165) is 11.1 Å². The minimum absolute atomic E-state index is 0.0848. The Morgan fingerprint density at radius 3 is 2.48 bits per heavy atom. The standard InChI is InChI=1S/C36H43N3O7/c1-4-6-17-29(41)45-23-27(26-15-11-8-12-16-26)37-33(42)30-28-18-19-36(46-28)31(30)34(43)39(24(3)22-40)32(36)35(44)38(20-5-2)21-25-13-9-7-10-14-25/h4-5,7-16,24,27-28,30-32,40H,1-2,6,17-23H2,3H3,(H,37,42)/t24-,27-,28+,30-,31-,32+,36-/m1/s1. The molecule has 3 aliphatic rings. The Bertz CT molecular complexity index is 1430. The molecular weight excluding hydrogens is 586 g/mol. The number of carbonyl (C=O) groups excluding carboxylic acids is 4. The summed E-state index contributed by atoms with van der Waals surface area (Å²) in [5.74, 6) is -3.28. The summed E-state index contributed by atoms with van der Waals surface area (Å²) in [6, 6.07) is 16.4. The van der Waals surface area contributed by atoms with Crippen LogP contribution in [0.2, 0.25) is 0 Å². The van der Waals surface area contributed by atoms with E-state index in [4.69, 9.17) is 9.47 Å². The maximum absolute atomic E-state index is 14.5. The Hall–Kier alpha value is -4.28. The van der Waals surface area contributed by atoms with Crippen molar-refractivity contribution in [3.05, 3.63) is 97.1 Å². The Labute approximate surface area is 270 Å². The summed E-state index contributed by atoms with van der Waals surface area (Å²) in [6.45, 7) is 9.28. The second-order valence-electron chi connectivity index (χ2n) is 12.3. The molecule has 0 aliphatic carbocycles. The average molecular weight is 630 g/mol. The smallest absolute Gasteiger partial charge is 0.306 e. The third-order valence-corrected chi connectivity index (χ3v) is 9.37. The second-order valence-corrected chi connectivity index (χ2v) is 12.3. The van der Waals surface area contributed by atoms with Crippen LogP contribution in [0.3, 0.4) is 0 Å². The van der Waals surface area contributed by atoms with E-state index in [0.29, 0.717) is 25.8 Å². The number of fused-ring (bicyclic) bond motifs is 1. The molecule has 10 nitrogen and oxygen atoms in total. The van der Waals surface area contributed by atoms with Crippen LogP contribution in [0, 0.1) is 11.8 Å². The lowest BCUT2D eigenvalue weighted by molar-refractivity contribution is -0.151. The van der Waals surface area contributed by atoms with Crippen LogP contribution in [0.15, 0.2) is 86.0 Å². The molecule has 2 aromatic rings. The fourth-order valence-electron chi connectivity index (χ4n) is 7.24. The minimum Gasteiger partial charge on any atom is -0.463 e. The van der Waals surface area contributed by atoms with Gasteiger partial charge in [0, 0.05) is 19.5 Å². The van der Waals surface area contributed by atoms with Crippen molar-refractivity contribution in [3.63, 3.8) is 0 Å². The van der Waals surface area contributed by atoms with Gasteiger partial charge < -0.3 is 29.7 Å². The largest absolute Gasteiger partial charge is 0.463 e. The monoisotopic (exact) mass is 629 g/mol.